The smallest absolute Gasteiger partial charge is 0.227 e. The molecule has 1 atom stereocenters. The van der Waals surface area contributed by atoms with Crippen LogP contribution in [0.2, 0.25) is 10.0 Å². The molecule has 1 heterocycles. The Labute approximate surface area is 162 Å². The van der Waals surface area contributed by atoms with E-state index in [0.29, 0.717) is 10.0 Å². The highest BCUT2D eigenvalue weighted by Gasteiger charge is 2.18. The van der Waals surface area contributed by atoms with Crippen LogP contribution in [0.15, 0.2) is 55.1 Å². The molecule has 0 radical (unpaired) electrons. The molecule has 1 amide bonds. The van der Waals surface area contributed by atoms with Crippen molar-refractivity contribution in [3.8, 4) is 5.69 Å². The van der Waals surface area contributed by atoms with E-state index >= 15 is 0 Å². The third-order valence-corrected chi connectivity index (χ3v) is 5.11. The molecule has 0 aliphatic rings. The third kappa shape index (κ3) is 4.06. The molecular weight excluding hydrogens is 371 g/mol. The summed E-state index contributed by atoms with van der Waals surface area (Å²) in [6.07, 6.45) is 3.41. The number of aromatic nitrogens is 3. The molecule has 0 fully saturated rings. The van der Waals surface area contributed by atoms with Crippen LogP contribution in [0.25, 0.3) is 5.69 Å². The molecule has 3 aromatic rings. The summed E-state index contributed by atoms with van der Waals surface area (Å²) in [6.45, 7) is 2.00. The van der Waals surface area contributed by atoms with Gasteiger partial charge in [-0.3, -0.25) is 4.79 Å². The fourth-order valence-corrected chi connectivity index (χ4v) is 2.96. The van der Waals surface area contributed by atoms with Gasteiger partial charge < -0.3 is 4.90 Å². The summed E-state index contributed by atoms with van der Waals surface area (Å²) in [5.41, 5.74) is 2.80. The highest BCUT2D eigenvalue weighted by molar-refractivity contribution is 6.42. The summed E-state index contributed by atoms with van der Waals surface area (Å²) in [7, 11) is 1.80. The lowest BCUT2D eigenvalue weighted by molar-refractivity contribution is -0.131. The zero-order chi connectivity index (χ0) is 18.7. The van der Waals surface area contributed by atoms with Crippen LogP contribution in [0, 0.1) is 0 Å². The first-order valence-electron chi connectivity index (χ1n) is 8.10. The molecule has 0 aliphatic heterocycles. The van der Waals surface area contributed by atoms with Gasteiger partial charge in [-0.1, -0.05) is 41.4 Å². The molecule has 1 aromatic heterocycles. The normalized spacial score (nSPS) is 12.0. The number of halogens is 2. The Morgan fingerprint density at radius 3 is 2.50 bits per heavy atom. The van der Waals surface area contributed by atoms with Gasteiger partial charge in [0.25, 0.3) is 0 Å². The van der Waals surface area contributed by atoms with Gasteiger partial charge in [-0.05, 0) is 42.3 Å². The maximum atomic E-state index is 12.6. The Bertz CT molecular complexity index is 894. The van der Waals surface area contributed by atoms with Gasteiger partial charge in [0.15, 0.2) is 0 Å². The predicted molar refractivity (Wildman–Crippen MR) is 103 cm³/mol. The highest BCUT2D eigenvalue weighted by atomic mass is 35.5. The number of benzene rings is 2. The van der Waals surface area contributed by atoms with Crippen LogP contribution in [0.4, 0.5) is 0 Å². The van der Waals surface area contributed by atoms with E-state index in [-0.39, 0.29) is 18.4 Å². The molecule has 0 saturated carbocycles. The van der Waals surface area contributed by atoms with Crippen molar-refractivity contribution in [2.75, 3.05) is 7.05 Å². The Kier molecular flexibility index (Phi) is 5.59. The molecule has 0 bridgehead atoms. The number of carbonyl (C=O) groups is 1. The van der Waals surface area contributed by atoms with Crippen LogP contribution in [0.1, 0.15) is 24.1 Å². The van der Waals surface area contributed by atoms with Crippen LogP contribution >= 0.6 is 23.2 Å². The first-order chi connectivity index (χ1) is 12.5. The summed E-state index contributed by atoms with van der Waals surface area (Å²) in [6, 6.07) is 13.1. The Hall–Kier alpha value is -2.37. The quantitative estimate of drug-likeness (QED) is 0.653. The molecule has 7 heteroatoms. The van der Waals surface area contributed by atoms with Crippen molar-refractivity contribution in [1.82, 2.24) is 19.7 Å². The largest absolute Gasteiger partial charge is 0.339 e. The second-order valence-electron chi connectivity index (χ2n) is 6.04. The highest BCUT2D eigenvalue weighted by Crippen LogP contribution is 2.24. The van der Waals surface area contributed by atoms with E-state index in [1.165, 1.54) is 6.33 Å². The van der Waals surface area contributed by atoms with Gasteiger partial charge in [-0.2, -0.15) is 5.10 Å². The van der Waals surface area contributed by atoms with E-state index in [1.807, 2.05) is 37.3 Å². The van der Waals surface area contributed by atoms with Crippen molar-refractivity contribution in [2.45, 2.75) is 19.4 Å². The van der Waals surface area contributed by atoms with Gasteiger partial charge in [0.2, 0.25) is 5.91 Å². The number of nitrogens with zero attached hydrogens (tertiary/aromatic N) is 4. The monoisotopic (exact) mass is 388 g/mol. The maximum Gasteiger partial charge on any atom is 0.227 e. The van der Waals surface area contributed by atoms with Gasteiger partial charge in [0.1, 0.15) is 12.7 Å². The number of hydrogen-bond acceptors (Lipinski definition) is 3. The Balaban J connectivity index is 1.69. The lowest BCUT2D eigenvalue weighted by Gasteiger charge is -2.25. The van der Waals surface area contributed by atoms with E-state index in [9.17, 15) is 4.79 Å². The average molecular weight is 389 g/mol. The average Bonchev–Trinajstić information content (AvgIpc) is 3.18. The van der Waals surface area contributed by atoms with Crippen molar-refractivity contribution in [1.29, 1.82) is 0 Å². The zero-order valence-corrected chi connectivity index (χ0v) is 15.9. The standard InChI is InChI=1S/C19H18Cl2N4O/c1-13(15-4-6-16(7-5-15)25-12-22-11-23-25)24(2)19(26)10-14-3-8-17(20)18(21)9-14/h3-9,11-13H,10H2,1-2H3/t13-/m0/s1. The molecule has 0 N–H and O–H groups in total. The van der Waals surface area contributed by atoms with Gasteiger partial charge in [0.05, 0.1) is 28.2 Å². The second kappa shape index (κ2) is 7.89. The van der Waals surface area contributed by atoms with Crippen molar-refractivity contribution in [3.63, 3.8) is 0 Å². The number of likely N-dealkylation sites (N-methyl/N-ethyl adjacent to an activating group) is 1. The first kappa shape index (κ1) is 18.4. The molecule has 3 rings (SSSR count). The summed E-state index contributed by atoms with van der Waals surface area (Å²) in [5.74, 6) is 0.0104. The summed E-state index contributed by atoms with van der Waals surface area (Å²) >= 11 is 11.9. The number of amides is 1. The number of rotatable bonds is 5. The molecule has 2 aromatic carbocycles. The first-order valence-corrected chi connectivity index (χ1v) is 8.86. The zero-order valence-electron chi connectivity index (χ0n) is 14.4. The lowest BCUT2D eigenvalue weighted by atomic mass is 10.1. The molecule has 0 saturated heterocycles. The van der Waals surface area contributed by atoms with Crippen molar-refractivity contribution in [2.24, 2.45) is 0 Å². The molecular formula is C19H18Cl2N4O. The van der Waals surface area contributed by atoms with Crippen molar-refractivity contribution < 1.29 is 4.79 Å². The minimum Gasteiger partial charge on any atom is -0.339 e. The maximum absolute atomic E-state index is 12.6. The van der Waals surface area contributed by atoms with E-state index in [2.05, 4.69) is 10.1 Å². The molecule has 26 heavy (non-hydrogen) atoms. The van der Waals surface area contributed by atoms with Crippen LogP contribution in [0.3, 0.4) is 0 Å². The van der Waals surface area contributed by atoms with Crippen LogP contribution in [0.5, 0.6) is 0 Å². The summed E-state index contributed by atoms with van der Waals surface area (Å²) in [4.78, 5) is 18.3. The molecule has 0 aliphatic carbocycles. The Morgan fingerprint density at radius 1 is 1.15 bits per heavy atom. The van der Waals surface area contributed by atoms with E-state index in [4.69, 9.17) is 23.2 Å². The molecule has 0 spiro atoms. The fraction of sp³-hybridized carbons (Fsp3) is 0.211. The number of hydrogen-bond donors (Lipinski definition) is 0. The summed E-state index contributed by atoms with van der Waals surface area (Å²) in [5, 5.41) is 5.04. The molecule has 0 unspecified atom stereocenters. The van der Waals surface area contributed by atoms with E-state index < -0.39 is 0 Å². The lowest BCUT2D eigenvalue weighted by Crippen LogP contribution is -2.31. The third-order valence-electron chi connectivity index (χ3n) is 4.37. The summed E-state index contributed by atoms with van der Waals surface area (Å²) < 4.78 is 1.69. The second-order valence-corrected chi connectivity index (χ2v) is 6.85. The predicted octanol–water partition coefficient (Wildman–Crippen LogP) is 4.34. The van der Waals surface area contributed by atoms with Gasteiger partial charge in [-0.25, -0.2) is 9.67 Å². The van der Waals surface area contributed by atoms with Crippen molar-refractivity contribution >= 4 is 29.1 Å². The van der Waals surface area contributed by atoms with Gasteiger partial charge in [0, 0.05) is 7.05 Å². The SMILES string of the molecule is C[C@@H](c1ccc(-n2cncn2)cc1)N(C)C(=O)Cc1ccc(Cl)c(Cl)c1. The topological polar surface area (TPSA) is 51.0 Å². The molecule has 5 nitrogen and oxygen atoms in total. The fourth-order valence-electron chi connectivity index (χ4n) is 2.64. The van der Waals surface area contributed by atoms with E-state index in [1.54, 1.807) is 35.1 Å². The van der Waals surface area contributed by atoms with E-state index in [0.717, 1.165) is 16.8 Å². The van der Waals surface area contributed by atoms with Crippen LogP contribution < -0.4 is 0 Å². The van der Waals surface area contributed by atoms with Gasteiger partial charge >= 0.3 is 0 Å². The van der Waals surface area contributed by atoms with Crippen molar-refractivity contribution in [3.05, 3.63) is 76.3 Å². The Morgan fingerprint density at radius 2 is 1.88 bits per heavy atom. The van der Waals surface area contributed by atoms with Gasteiger partial charge in [-0.15, -0.1) is 0 Å². The number of carbonyl (C=O) groups excluding carboxylic acids is 1. The molecule has 134 valence electrons. The minimum absolute atomic E-state index is 0.0104. The van der Waals surface area contributed by atoms with Crippen LogP contribution in [-0.4, -0.2) is 32.6 Å². The minimum atomic E-state index is -0.0601. The van der Waals surface area contributed by atoms with Crippen LogP contribution in [-0.2, 0) is 11.2 Å².